The molecule has 1 aromatic heterocycles. The van der Waals surface area contributed by atoms with Gasteiger partial charge in [-0.1, -0.05) is 38.5 Å². The zero-order chi connectivity index (χ0) is 18.6. The molecule has 0 atom stereocenters. The summed E-state index contributed by atoms with van der Waals surface area (Å²) in [6.07, 6.45) is 14.4. The van der Waals surface area contributed by atoms with E-state index in [0.29, 0.717) is 11.5 Å². The van der Waals surface area contributed by atoms with Crippen molar-refractivity contribution in [2.24, 2.45) is 0 Å². The van der Waals surface area contributed by atoms with E-state index in [1.165, 1.54) is 38.5 Å². The summed E-state index contributed by atoms with van der Waals surface area (Å²) in [5.41, 5.74) is 1.43. The Morgan fingerprint density at radius 2 is 1.37 bits per heavy atom. The van der Waals surface area contributed by atoms with Crippen molar-refractivity contribution in [2.45, 2.75) is 102 Å². The molecular formula is C21H32N4O2. The van der Waals surface area contributed by atoms with E-state index in [1.54, 1.807) is 0 Å². The minimum absolute atomic E-state index is 0.0962. The summed E-state index contributed by atoms with van der Waals surface area (Å²) < 4.78 is 2.00. The van der Waals surface area contributed by atoms with Crippen LogP contribution in [0.3, 0.4) is 0 Å². The summed E-state index contributed by atoms with van der Waals surface area (Å²) in [5, 5.41) is 6.34. The highest BCUT2D eigenvalue weighted by atomic mass is 16.2. The van der Waals surface area contributed by atoms with E-state index in [-0.39, 0.29) is 23.9 Å². The molecule has 2 amide bonds. The fourth-order valence-corrected chi connectivity index (χ4v) is 4.90. The van der Waals surface area contributed by atoms with Gasteiger partial charge in [-0.25, -0.2) is 4.98 Å². The number of imidazole rings is 1. The first-order valence-corrected chi connectivity index (χ1v) is 10.9. The van der Waals surface area contributed by atoms with Crippen LogP contribution in [-0.4, -0.2) is 33.4 Å². The summed E-state index contributed by atoms with van der Waals surface area (Å²) in [5.74, 6) is 0.233. The summed E-state index contributed by atoms with van der Waals surface area (Å²) in [6, 6.07) is 0.508. The molecule has 2 aliphatic carbocycles. The first kappa shape index (κ1) is 18.5. The molecule has 6 nitrogen and oxygen atoms in total. The Morgan fingerprint density at radius 3 is 2.04 bits per heavy atom. The van der Waals surface area contributed by atoms with Crippen molar-refractivity contribution in [3.8, 4) is 0 Å². The number of carbonyl (C=O) groups excluding carboxylic acids is 2. The predicted octanol–water partition coefficient (Wildman–Crippen LogP) is 3.34. The maximum Gasteiger partial charge on any atom is 0.287 e. The van der Waals surface area contributed by atoms with E-state index in [9.17, 15) is 9.59 Å². The first-order valence-electron chi connectivity index (χ1n) is 10.9. The van der Waals surface area contributed by atoms with Crippen molar-refractivity contribution in [3.63, 3.8) is 0 Å². The van der Waals surface area contributed by atoms with Gasteiger partial charge in [0.1, 0.15) is 5.69 Å². The highest BCUT2D eigenvalue weighted by molar-refractivity contribution is 5.97. The smallest absolute Gasteiger partial charge is 0.287 e. The molecule has 3 aliphatic rings. The fraction of sp³-hybridized carbons (Fsp3) is 0.762. The highest BCUT2D eigenvalue weighted by Crippen LogP contribution is 2.24. The zero-order valence-electron chi connectivity index (χ0n) is 16.3. The van der Waals surface area contributed by atoms with Crippen LogP contribution in [0.1, 0.15) is 104 Å². The molecular weight excluding hydrogens is 340 g/mol. The van der Waals surface area contributed by atoms with Gasteiger partial charge in [0.2, 0.25) is 0 Å². The number of fused-ring (bicyclic) bond motifs is 1. The average Bonchev–Trinajstić information content (AvgIpc) is 3.24. The third-order valence-corrected chi connectivity index (χ3v) is 6.42. The molecule has 27 heavy (non-hydrogen) atoms. The molecule has 2 saturated carbocycles. The molecule has 148 valence electrons. The van der Waals surface area contributed by atoms with Crippen molar-refractivity contribution >= 4 is 11.8 Å². The van der Waals surface area contributed by atoms with E-state index in [1.807, 2.05) is 4.57 Å². The van der Waals surface area contributed by atoms with Crippen LogP contribution in [0.4, 0.5) is 0 Å². The third-order valence-electron chi connectivity index (χ3n) is 6.42. The molecule has 0 saturated heterocycles. The number of rotatable bonds is 4. The number of carbonyl (C=O) groups is 2. The van der Waals surface area contributed by atoms with E-state index in [4.69, 9.17) is 0 Å². The Bertz CT molecular complexity index is 683. The summed E-state index contributed by atoms with van der Waals surface area (Å²) in [6.45, 7) is 0.784. The van der Waals surface area contributed by atoms with E-state index in [2.05, 4.69) is 15.6 Å². The van der Waals surface area contributed by atoms with Gasteiger partial charge in [0.25, 0.3) is 11.8 Å². The minimum Gasteiger partial charge on any atom is -0.348 e. The second kappa shape index (κ2) is 8.44. The topological polar surface area (TPSA) is 76.0 Å². The Balaban J connectivity index is 1.52. The lowest BCUT2D eigenvalue weighted by Crippen LogP contribution is -2.36. The lowest BCUT2D eigenvalue weighted by Gasteiger charge is -2.19. The van der Waals surface area contributed by atoms with Gasteiger partial charge < -0.3 is 15.2 Å². The quantitative estimate of drug-likeness (QED) is 0.796. The Kier molecular flexibility index (Phi) is 5.79. The van der Waals surface area contributed by atoms with Gasteiger partial charge in [-0.15, -0.1) is 0 Å². The van der Waals surface area contributed by atoms with Crippen molar-refractivity contribution in [3.05, 3.63) is 17.2 Å². The Hall–Kier alpha value is -1.85. The van der Waals surface area contributed by atoms with Crippen LogP contribution in [0.25, 0.3) is 0 Å². The van der Waals surface area contributed by atoms with Crippen molar-refractivity contribution in [2.75, 3.05) is 0 Å². The fourth-order valence-electron chi connectivity index (χ4n) is 4.90. The molecule has 6 heteroatoms. The molecule has 0 aromatic carbocycles. The van der Waals surface area contributed by atoms with Gasteiger partial charge >= 0.3 is 0 Å². The van der Waals surface area contributed by atoms with E-state index < -0.39 is 0 Å². The van der Waals surface area contributed by atoms with Crippen LogP contribution >= 0.6 is 0 Å². The molecule has 0 spiro atoms. The van der Waals surface area contributed by atoms with Gasteiger partial charge in [-0.3, -0.25) is 9.59 Å². The van der Waals surface area contributed by atoms with Crippen LogP contribution in [0.5, 0.6) is 0 Å². The lowest BCUT2D eigenvalue weighted by molar-refractivity contribution is 0.0917. The Labute approximate surface area is 161 Å². The summed E-state index contributed by atoms with van der Waals surface area (Å²) >= 11 is 0. The Morgan fingerprint density at radius 1 is 0.778 bits per heavy atom. The van der Waals surface area contributed by atoms with Gasteiger partial charge in [0.15, 0.2) is 5.82 Å². The SMILES string of the molecule is O=C(NC1CCCC1)c1nc(C(=O)NC2CCCCCC2)n2c1CCCC2. The first-order chi connectivity index (χ1) is 13.2. The number of hydrogen-bond acceptors (Lipinski definition) is 3. The van der Waals surface area contributed by atoms with Gasteiger partial charge in [0, 0.05) is 18.6 Å². The normalized spacial score (nSPS) is 21.5. The lowest BCUT2D eigenvalue weighted by atomic mass is 10.1. The number of aromatic nitrogens is 2. The largest absolute Gasteiger partial charge is 0.348 e. The molecule has 0 unspecified atom stereocenters. The zero-order valence-corrected chi connectivity index (χ0v) is 16.3. The molecule has 0 bridgehead atoms. The third kappa shape index (κ3) is 4.19. The van der Waals surface area contributed by atoms with Crippen molar-refractivity contribution < 1.29 is 9.59 Å². The molecule has 2 N–H and O–H groups in total. The number of nitrogens with zero attached hydrogens (tertiary/aromatic N) is 2. The van der Waals surface area contributed by atoms with E-state index in [0.717, 1.165) is 57.2 Å². The highest BCUT2D eigenvalue weighted by Gasteiger charge is 2.29. The maximum atomic E-state index is 13.0. The van der Waals surface area contributed by atoms with Crippen LogP contribution in [0.2, 0.25) is 0 Å². The molecule has 0 radical (unpaired) electrons. The van der Waals surface area contributed by atoms with Crippen LogP contribution in [0.15, 0.2) is 0 Å². The van der Waals surface area contributed by atoms with Crippen LogP contribution in [0, 0.1) is 0 Å². The number of amides is 2. The molecule has 4 rings (SSSR count). The molecule has 2 heterocycles. The molecule has 1 aromatic rings. The molecule has 1 aliphatic heterocycles. The second-order valence-corrected chi connectivity index (χ2v) is 8.46. The van der Waals surface area contributed by atoms with Crippen molar-refractivity contribution in [1.29, 1.82) is 0 Å². The van der Waals surface area contributed by atoms with Gasteiger partial charge in [-0.2, -0.15) is 0 Å². The predicted molar refractivity (Wildman–Crippen MR) is 104 cm³/mol. The standard InChI is InChI=1S/C21H32N4O2/c26-20(22-15-11-5-6-12-15)18-17-13-7-8-14-25(17)19(24-18)21(27)23-16-9-3-1-2-4-10-16/h15-16H,1-14H2,(H,22,26)(H,23,27). The monoisotopic (exact) mass is 372 g/mol. The maximum absolute atomic E-state index is 13.0. The number of nitrogens with one attached hydrogen (secondary N) is 2. The van der Waals surface area contributed by atoms with Gasteiger partial charge in [0.05, 0.1) is 5.69 Å². The minimum atomic E-state index is -0.107. The van der Waals surface area contributed by atoms with Crippen LogP contribution in [-0.2, 0) is 13.0 Å². The number of hydrogen-bond donors (Lipinski definition) is 2. The van der Waals surface area contributed by atoms with Crippen molar-refractivity contribution in [1.82, 2.24) is 20.2 Å². The van der Waals surface area contributed by atoms with Crippen LogP contribution < -0.4 is 10.6 Å². The second-order valence-electron chi connectivity index (χ2n) is 8.46. The molecule has 2 fully saturated rings. The van der Waals surface area contributed by atoms with Gasteiger partial charge in [-0.05, 0) is 44.9 Å². The van der Waals surface area contributed by atoms with E-state index >= 15 is 0 Å². The average molecular weight is 373 g/mol. The summed E-state index contributed by atoms with van der Waals surface area (Å²) in [4.78, 5) is 30.3. The summed E-state index contributed by atoms with van der Waals surface area (Å²) in [7, 11) is 0.